The Morgan fingerprint density at radius 3 is 2.46 bits per heavy atom. The molecule has 3 nitrogen and oxygen atoms in total. The third-order valence-electron chi connectivity index (χ3n) is 2.14. The second kappa shape index (κ2) is 4.29. The monoisotopic (exact) mass is 183 g/mol. The second-order valence-electron chi connectivity index (χ2n) is 3.72. The van der Waals surface area contributed by atoms with Gasteiger partial charge in [-0.2, -0.15) is 0 Å². The summed E-state index contributed by atoms with van der Waals surface area (Å²) in [5.41, 5.74) is -0.793. The van der Waals surface area contributed by atoms with Gasteiger partial charge in [-0.3, -0.25) is 4.79 Å². The van der Waals surface area contributed by atoms with E-state index >= 15 is 0 Å². The Hall–Kier alpha value is -1.01. The zero-order chi connectivity index (χ0) is 10.6. The summed E-state index contributed by atoms with van der Waals surface area (Å²) >= 11 is 0. The molecule has 3 heteroatoms. The summed E-state index contributed by atoms with van der Waals surface area (Å²) in [6.07, 6.45) is 5.23. The van der Waals surface area contributed by atoms with Crippen LogP contribution in [0, 0.1) is 17.8 Å². The fourth-order valence-electron chi connectivity index (χ4n) is 0.825. The molecule has 0 spiro atoms. The number of rotatable bonds is 3. The number of aliphatic hydroxyl groups is 1. The minimum Gasteiger partial charge on any atom is -0.394 e. The van der Waals surface area contributed by atoms with Crippen LogP contribution in [0.25, 0.3) is 0 Å². The Bertz CT molecular complexity index is 228. The van der Waals surface area contributed by atoms with E-state index in [-0.39, 0.29) is 18.6 Å². The van der Waals surface area contributed by atoms with Crippen molar-refractivity contribution in [3.8, 4) is 12.3 Å². The van der Waals surface area contributed by atoms with Crippen LogP contribution >= 0.6 is 0 Å². The SMILES string of the molecule is C#CC(C)(C)C(=O)N(C)C(C)CO. The molecule has 0 heterocycles. The van der Waals surface area contributed by atoms with Gasteiger partial charge in [-0.1, -0.05) is 5.92 Å². The first kappa shape index (κ1) is 12.0. The van der Waals surface area contributed by atoms with Crippen molar-refractivity contribution in [1.82, 2.24) is 4.90 Å². The topological polar surface area (TPSA) is 40.5 Å². The van der Waals surface area contributed by atoms with Crippen LogP contribution in [-0.4, -0.2) is 35.6 Å². The van der Waals surface area contributed by atoms with Crippen molar-refractivity contribution < 1.29 is 9.90 Å². The van der Waals surface area contributed by atoms with Gasteiger partial charge in [0.25, 0.3) is 0 Å². The Morgan fingerprint density at radius 1 is 1.69 bits per heavy atom. The first-order chi connectivity index (χ1) is 5.86. The summed E-state index contributed by atoms with van der Waals surface area (Å²) in [6.45, 7) is 5.10. The van der Waals surface area contributed by atoms with E-state index in [1.165, 1.54) is 4.90 Å². The molecule has 0 aromatic rings. The molecule has 1 N–H and O–H groups in total. The molecule has 1 atom stereocenters. The number of nitrogens with zero attached hydrogens (tertiary/aromatic N) is 1. The molecule has 13 heavy (non-hydrogen) atoms. The van der Waals surface area contributed by atoms with Crippen molar-refractivity contribution >= 4 is 5.91 Å². The first-order valence-electron chi connectivity index (χ1n) is 4.22. The number of terminal acetylenes is 1. The van der Waals surface area contributed by atoms with Gasteiger partial charge in [0.15, 0.2) is 0 Å². The Balaban J connectivity index is 4.54. The Labute approximate surface area is 79.7 Å². The van der Waals surface area contributed by atoms with Crippen LogP contribution in [0.1, 0.15) is 20.8 Å². The van der Waals surface area contributed by atoms with Gasteiger partial charge in [0, 0.05) is 7.05 Å². The largest absolute Gasteiger partial charge is 0.394 e. The van der Waals surface area contributed by atoms with Gasteiger partial charge < -0.3 is 10.0 Å². The van der Waals surface area contributed by atoms with Gasteiger partial charge in [-0.25, -0.2) is 0 Å². The van der Waals surface area contributed by atoms with E-state index in [2.05, 4.69) is 5.92 Å². The average molecular weight is 183 g/mol. The summed E-state index contributed by atoms with van der Waals surface area (Å²) in [6, 6.07) is -0.194. The summed E-state index contributed by atoms with van der Waals surface area (Å²) in [4.78, 5) is 13.1. The fourth-order valence-corrected chi connectivity index (χ4v) is 0.825. The quantitative estimate of drug-likeness (QED) is 0.647. The lowest BCUT2D eigenvalue weighted by Gasteiger charge is -2.29. The first-order valence-corrected chi connectivity index (χ1v) is 4.22. The Morgan fingerprint density at radius 2 is 2.15 bits per heavy atom. The Kier molecular flexibility index (Phi) is 3.96. The summed E-state index contributed by atoms with van der Waals surface area (Å²) < 4.78 is 0. The molecule has 1 amide bonds. The maximum absolute atomic E-state index is 11.7. The predicted octanol–water partition coefficient (Wildman–Crippen LogP) is 0.485. The van der Waals surface area contributed by atoms with Gasteiger partial charge in [0.2, 0.25) is 5.91 Å². The van der Waals surface area contributed by atoms with Gasteiger partial charge >= 0.3 is 0 Å². The average Bonchev–Trinajstić information content (AvgIpc) is 2.14. The highest BCUT2D eigenvalue weighted by Crippen LogP contribution is 2.17. The molecule has 1 unspecified atom stereocenters. The van der Waals surface area contributed by atoms with Crippen LogP contribution in [0.3, 0.4) is 0 Å². The molecule has 0 fully saturated rings. The minimum absolute atomic E-state index is 0.0527. The van der Waals surface area contributed by atoms with E-state index in [4.69, 9.17) is 11.5 Å². The molecule has 0 aliphatic heterocycles. The lowest BCUT2D eigenvalue weighted by Crippen LogP contribution is -2.44. The van der Waals surface area contributed by atoms with Crippen LogP contribution < -0.4 is 0 Å². The smallest absolute Gasteiger partial charge is 0.240 e. The molecular formula is C10H17NO2. The molecule has 0 aromatic heterocycles. The lowest BCUT2D eigenvalue weighted by molar-refractivity contribution is -0.138. The van der Waals surface area contributed by atoms with Crippen molar-refractivity contribution in [1.29, 1.82) is 0 Å². The van der Waals surface area contributed by atoms with Crippen molar-refractivity contribution in [2.24, 2.45) is 5.41 Å². The third kappa shape index (κ3) is 2.74. The highest BCUT2D eigenvalue weighted by Gasteiger charge is 2.29. The minimum atomic E-state index is -0.793. The molecule has 0 rings (SSSR count). The summed E-state index contributed by atoms with van der Waals surface area (Å²) in [5.74, 6) is 2.29. The van der Waals surface area contributed by atoms with E-state index in [9.17, 15) is 4.79 Å². The molecule has 0 radical (unpaired) electrons. The molecule has 74 valence electrons. The summed E-state index contributed by atoms with van der Waals surface area (Å²) in [5, 5.41) is 8.85. The van der Waals surface area contributed by atoms with Crippen molar-refractivity contribution in [3.05, 3.63) is 0 Å². The molecule has 0 saturated carbocycles. The van der Waals surface area contributed by atoms with Crippen LogP contribution in [-0.2, 0) is 4.79 Å². The number of hydrogen-bond acceptors (Lipinski definition) is 2. The molecule has 0 aliphatic rings. The highest BCUT2D eigenvalue weighted by molar-refractivity contribution is 5.85. The normalized spacial score (nSPS) is 13.2. The van der Waals surface area contributed by atoms with Gasteiger partial charge in [-0.15, -0.1) is 6.42 Å². The van der Waals surface area contributed by atoms with Crippen LogP contribution in [0.15, 0.2) is 0 Å². The number of aliphatic hydroxyl groups excluding tert-OH is 1. The van der Waals surface area contributed by atoms with E-state index in [0.29, 0.717) is 0 Å². The van der Waals surface area contributed by atoms with Gasteiger partial charge in [0.05, 0.1) is 12.6 Å². The second-order valence-corrected chi connectivity index (χ2v) is 3.72. The lowest BCUT2D eigenvalue weighted by atomic mass is 9.92. The number of carbonyl (C=O) groups is 1. The number of likely N-dealkylation sites (N-methyl/N-ethyl adjacent to an activating group) is 1. The maximum atomic E-state index is 11.7. The third-order valence-corrected chi connectivity index (χ3v) is 2.14. The van der Waals surface area contributed by atoms with Crippen LogP contribution in [0.4, 0.5) is 0 Å². The molecule has 0 aromatic carbocycles. The number of carbonyl (C=O) groups excluding carboxylic acids is 1. The van der Waals surface area contributed by atoms with E-state index in [0.717, 1.165) is 0 Å². The van der Waals surface area contributed by atoms with Crippen LogP contribution in [0.2, 0.25) is 0 Å². The zero-order valence-electron chi connectivity index (χ0n) is 8.66. The number of amides is 1. The van der Waals surface area contributed by atoms with Crippen molar-refractivity contribution in [3.63, 3.8) is 0 Å². The molecule has 0 aliphatic carbocycles. The molecule has 0 saturated heterocycles. The zero-order valence-corrected chi connectivity index (χ0v) is 8.66. The standard InChI is InChI=1S/C10H17NO2/c1-6-10(3,4)9(13)11(5)8(2)7-12/h1,8,12H,7H2,2-5H3. The van der Waals surface area contributed by atoms with Gasteiger partial charge in [-0.05, 0) is 20.8 Å². The highest BCUT2D eigenvalue weighted by atomic mass is 16.3. The van der Waals surface area contributed by atoms with E-state index < -0.39 is 5.41 Å². The molecular weight excluding hydrogens is 166 g/mol. The molecule has 0 bridgehead atoms. The van der Waals surface area contributed by atoms with Gasteiger partial charge in [0.1, 0.15) is 5.41 Å². The number of hydrogen-bond donors (Lipinski definition) is 1. The van der Waals surface area contributed by atoms with Crippen molar-refractivity contribution in [2.75, 3.05) is 13.7 Å². The summed E-state index contributed by atoms with van der Waals surface area (Å²) in [7, 11) is 1.64. The fraction of sp³-hybridized carbons (Fsp3) is 0.700. The van der Waals surface area contributed by atoms with E-state index in [1.807, 2.05) is 0 Å². The van der Waals surface area contributed by atoms with E-state index in [1.54, 1.807) is 27.8 Å². The van der Waals surface area contributed by atoms with Crippen LogP contribution in [0.5, 0.6) is 0 Å². The maximum Gasteiger partial charge on any atom is 0.240 e. The predicted molar refractivity (Wildman–Crippen MR) is 51.9 cm³/mol. The van der Waals surface area contributed by atoms with Crippen molar-refractivity contribution in [2.45, 2.75) is 26.8 Å².